The quantitative estimate of drug-likeness (QED) is 0.804. The summed E-state index contributed by atoms with van der Waals surface area (Å²) in [4.78, 5) is 11.9. The molecule has 3 nitrogen and oxygen atoms in total. The van der Waals surface area contributed by atoms with E-state index in [0.717, 1.165) is 12.8 Å². The molecule has 5 heteroatoms. The lowest BCUT2D eigenvalue weighted by atomic mass is 9.88. The van der Waals surface area contributed by atoms with E-state index >= 15 is 0 Å². The van der Waals surface area contributed by atoms with Gasteiger partial charge in [0.25, 0.3) is 0 Å². The van der Waals surface area contributed by atoms with Crippen molar-refractivity contribution in [2.45, 2.75) is 33.1 Å². The van der Waals surface area contributed by atoms with Gasteiger partial charge in [-0.1, -0.05) is 25.4 Å². The maximum atomic E-state index is 13.1. The fourth-order valence-corrected chi connectivity index (χ4v) is 2.41. The average Bonchev–Trinajstić information content (AvgIpc) is 2.32. The van der Waals surface area contributed by atoms with Crippen LogP contribution in [-0.4, -0.2) is 12.5 Å². The van der Waals surface area contributed by atoms with Gasteiger partial charge < -0.3 is 11.1 Å². The molecule has 0 saturated carbocycles. The number of rotatable bonds is 7. The Hall–Kier alpha value is -1.13. The van der Waals surface area contributed by atoms with Gasteiger partial charge in [-0.15, -0.1) is 0 Å². The molecule has 0 fully saturated rings. The summed E-state index contributed by atoms with van der Waals surface area (Å²) in [5.74, 6) is 0.335. The second-order valence-corrected chi connectivity index (χ2v) is 5.76. The second kappa shape index (κ2) is 8.22. The van der Waals surface area contributed by atoms with E-state index in [2.05, 4.69) is 19.2 Å². The monoisotopic (exact) mass is 300 g/mol. The maximum Gasteiger partial charge on any atom is 0.224 e. The molecule has 0 aliphatic heterocycles. The second-order valence-electron chi connectivity index (χ2n) is 5.33. The molecule has 1 aromatic rings. The minimum atomic E-state index is -0.462. The number of nitrogens with two attached hydrogens (primary N) is 1. The number of halogens is 2. The van der Waals surface area contributed by atoms with Gasteiger partial charge in [-0.25, -0.2) is 4.39 Å². The van der Waals surface area contributed by atoms with Crippen molar-refractivity contribution < 1.29 is 9.18 Å². The lowest BCUT2D eigenvalue weighted by molar-refractivity contribution is -0.116. The molecule has 0 aliphatic rings. The molecule has 20 heavy (non-hydrogen) atoms. The van der Waals surface area contributed by atoms with Crippen LogP contribution in [-0.2, 0) is 4.79 Å². The highest BCUT2D eigenvalue weighted by Crippen LogP contribution is 2.22. The van der Waals surface area contributed by atoms with Crippen LogP contribution in [0.5, 0.6) is 0 Å². The molecule has 0 bridgehead atoms. The maximum absolute atomic E-state index is 13.1. The fraction of sp³-hybridized carbons (Fsp3) is 0.533. The van der Waals surface area contributed by atoms with E-state index < -0.39 is 5.82 Å². The Morgan fingerprint density at radius 2 is 2.05 bits per heavy atom. The molecule has 1 amide bonds. The van der Waals surface area contributed by atoms with Crippen LogP contribution in [0.2, 0.25) is 5.02 Å². The predicted molar refractivity (Wildman–Crippen MR) is 81.3 cm³/mol. The standard InChI is InChI=1S/C15H22ClFN2O/c1-10(2)11(5-6-18)3-4-15(20)19-14-8-12(16)7-13(17)9-14/h7-11H,3-6,18H2,1-2H3,(H,19,20). The van der Waals surface area contributed by atoms with Crippen LogP contribution < -0.4 is 11.1 Å². The number of hydrogen-bond donors (Lipinski definition) is 2. The minimum Gasteiger partial charge on any atom is -0.330 e. The minimum absolute atomic E-state index is 0.130. The first kappa shape index (κ1) is 16.9. The molecule has 0 aliphatic carbocycles. The Balaban J connectivity index is 2.50. The number of carbonyl (C=O) groups excluding carboxylic acids is 1. The summed E-state index contributed by atoms with van der Waals surface area (Å²) in [5.41, 5.74) is 5.96. The molecule has 1 atom stereocenters. The smallest absolute Gasteiger partial charge is 0.224 e. The molecule has 112 valence electrons. The third kappa shape index (κ3) is 5.88. The van der Waals surface area contributed by atoms with Crippen LogP contribution in [0.1, 0.15) is 33.1 Å². The van der Waals surface area contributed by atoms with E-state index in [1.807, 2.05) is 0 Å². The first-order valence-corrected chi connectivity index (χ1v) is 7.26. The topological polar surface area (TPSA) is 55.1 Å². The van der Waals surface area contributed by atoms with Gasteiger partial charge in [-0.3, -0.25) is 4.79 Å². The molecule has 1 rings (SSSR count). The lowest BCUT2D eigenvalue weighted by Crippen LogP contribution is -2.18. The number of anilines is 1. The number of carbonyl (C=O) groups is 1. The molecule has 0 radical (unpaired) electrons. The SMILES string of the molecule is CC(C)C(CCN)CCC(=O)Nc1cc(F)cc(Cl)c1. The van der Waals surface area contributed by atoms with Crippen molar-refractivity contribution in [3.8, 4) is 0 Å². The Morgan fingerprint density at radius 3 is 2.60 bits per heavy atom. The molecule has 0 spiro atoms. The molecular weight excluding hydrogens is 279 g/mol. The van der Waals surface area contributed by atoms with Crippen molar-refractivity contribution in [2.75, 3.05) is 11.9 Å². The first-order valence-electron chi connectivity index (χ1n) is 6.88. The van der Waals surface area contributed by atoms with Gasteiger partial charge in [0, 0.05) is 17.1 Å². The van der Waals surface area contributed by atoms with E-state index in [9.17, 15) is 9.18 Å². The van der Waals surface area contributed by atoms with Gasteiger partial charge in [-0.2, -0.15) is 0 Å². The summed E-state index contributed by atoms with van der Waals surface area (Å²) in [7, 11) is 0. The Morgan fingerprint density at radius 1 is 1.35 bits per heavy atom. The first-order chi connectivity index (χ1) is 9.42. The third-order valence-corrected chi connectivity index (χ3v) is 3.59. The van der Waals surface area contributed by atoms with Gasteiger partial charge in [0.05, 0.1) is 0 Å². The number of amides is 1. The molecule has 1 aromatic carbocycles. The van der Waals surface area contributed by atoms with Crippen molar-refractivity contribution in [1.82, 2.24) is 0 Å². The Kier molecular flexibility index (Phi) is 6.96. The highest BCUT2D eigenvalue weighted by Gasteiger charge is 2.14. The van der Waals surface area contributed by atoms with E-state index in [1.54, 1.807) is 0 Å². The fourth-order valence-electron chi connectivity index (χ4n) is 2.19. The number of benzene rings is 1. The van der Waals surface area contributed by atoms with E-state index in [1.165, 1.54) is 18.2 Å². The zero-order valence-corrected chi connectivity index (χ0v) is 12.7. The Bertz CT molecular complexity index is 431. The largest absolute Gasteiger partial charge is 0.330 e. The van der Waals surface area contributed by atoms with Gasteiger partial charge in [0.2, 0.25) is 5.91 Å². The summed E-state index contributed by atoms with van der Waals surface area (Å²) in [6, 6.07) is 3.99. The Labute approximate surface area is 124 Å². The van der Waals surface area contributed by atoms with Crippen LogP contribution in [0.3, 0.4) is 0 Å². The molecule has 0 saturated heterocycles. The molecule has 3 N–H and O–H groups in total. The lowest BCUT2D eigenvalue weighted by Gasteiger charge is -2.19. The van der Waals surface area contributed by atoms with Gasteiger partial charge in [-0.05, 0) is 49.4 Å². The van der Waals surface area contributed by atoms with E-state index in [0.29, 0.717) is 30.5 Å². The third-order valence-electron chi connectivity index (χ3n) is 3.37. The van der Waals surface area contributed by atoms with Crippen molar-refractivity contribution in [1.29, 1.82) is 0 Å². The van der Waals surface area contributed by atoms with Crippen LogP contribution in [0.25, 0.3) is 0 Å². The van der Waals surface area contributed by atoms with Crippen LogP contribution in [0.4, 0.5) is 10.1 Å². The summed E-state index contributed by atoms with van der Waals surface area (Å²) in [5, 5.41) is 2.93. The molecular formula is C15H22ClFN2O. The number of nitrogens with one attached hydrogen (secondary N) is 1. The van der Waals surface area contributed by atoms with Gasteiger partial charge in [0.15, 0.2) is 0 Å². The van der Waals surface area contributed by atoms with Crippen LogP contribution >= 0.6 is 11.6 Å². The zero-order chi connectivity index (χ0) is 15.1. The van der Waals surface area contributed by atoms with Crippen molar-refractivity contribution in [3.05, 3.63) is 29.0 Å². The summed E-state index contributed by atoms with van der Waals surface area (Å²) in [6.07, 6.45) is 2.09. The van der Waals surface area contributed by atoms with Crippen molar-refractivity contribution in [3.63, 3.8) is 0 Å². The van der Waals surface area contributed by atoms with Gasteiger partial charge in [0.1, 0.15) is 5.82 Å². The highest BCUT2D eigenvalue weighted by atomic mass is 35.5. The molecule has 0 heterocycles. The summed E-state index contributed by atoms with van der Waals surface area (Å²) in [6.45, 7) is 4.89. The predicted octanol–water partition coefficient (Wildman–Crippen LogP) is 3.82. The summed E-state index contributed by atoms with van der Waals surface area (Å²) < 4.78 is 13.1. The van der Waals surface area contributed by atoms with Gasteiger partial charge >= 0.3 is 0 Å². The molecule has 1 unspecified atom stereocenters. The van der Waals surface area contributed by atoms with E-state index in [-0.39, 0.29) is 10.9 Å². The highest BCUT2D eigenvalue weighted by molar-refractivity contribution is 6.30. The van der Waals surface area contributed by atoms with Crippen LogP contribution in [0, 0.1) is 17.7 Å². The van der Waals surface area contributed by atoms with E-state index in [4.69, 9.17) is 17.3 Å². The van der Waals surface area contributed by atoms with Crippen molar-refractivity contribution >= 4 is 23.2 Å². The normalized spacial score (nSPS) is 12.5. The average molecular weight is 301 g/mol. The van der Waals surface area contributed by atoms with Crippen LogP contribution in [0.15, 0.2) is 18.2 Å². The summed E-state index contributed by atoms with van der Waals surface area (Å²) >= 11 is 5.74. The molecule has 0 aromatic heterocycles. The number of hydrogen-bond acceptors (Lipinski definition) is 2. The van der Waals surface area contributed by atoms with Crippen molar-refractivity contribution in [2.24, 2.45) is 17.6 Å². The zero-order valence-electron chi connectivity index (χ0n) is 12.0.